The molecule has 1 aromatic carbocycles. The topological polar surface area (TPSA) is 59.6 Å². The molecule has 2 rings (SSSR count). The molecule has 1 aliphatic heterocycles. The zero-order valence-electron chi connectivity index (χ0n) is 12.3. The summed E-state index contributed by atoms with van der Waals surface area (Å²) in [5.41, 5.74) is 0.793. The van der Waals surface area contributed by atoms with Gasteiger partial charge in [-0.3, -0.25) is 4.79 Å². The van der Waals surface area contributed by atoms with E-state index in [1.54, 1.807) is 7.11 Å². The van der Waals surface area contributed by atoms with Crippen LogP contribution in [-0.2, 0) is 9.53 Å². The second-order valence-electron chi connectivity index (χ2n) is 4.86. The van der Waals surface area contributed by atoms with Crippen LogP contribution >= 0.6 is 12.4 Å². The number of amides is 1. The number of hydrogen-bond acceptors (Lipinski definition) is 4. The number of halogens is 1. The molecular formula is C15H23ClN2O3. The van der Waals surface area contributed by atoms with Gasteiger partial charge in [-0.15, -0.1) is 12.4 Å². The highest BCUT2D eigenvalue weighted by atomic mass is 35.5. The van der Waals surface area contributed by atoms with E-state index < -0.39 is 0 Å². The second kappa shape index (κ2) is 9.60. The molecular weight excluding hydrogens is 292 g/mol. The van der Waals surface area contributed by atoms with Gasteiger partial charge in [0.25, 0.3) is 0 Å². The van der Waals surface area contributed by atoms with Gasteiger partial charge in [-0.2, -0.15) is 0 Å². The van der Waals surface area contributed by atoms with Gasteiger partial charge in [0.1, 0.15) is 12.4 Å². The van der Waals surface area contributed by atoms with Gasteiger partial charge in [0.15, 0.2) is 0 Å². The van der Waals surface area contributed by atoms with Crippen molar-refractivity contribution in [2.45, 2.75) is 25.3 Å². The molecule has 1 aromatic rings. The molecule has 21 heavy (non-hydrogen) atoms. The van der Waals surface area contributed by atoms with Gasteiger partial charge in [-0.25, -0.2) is 0 Å². The number of methoxy groups -OCH3 is 1. The predicted octanol–water partition coefficient (Wildman–Crippen LogP) is 2.21. The van der Waals surface area contributed by atoms with Crippen molar-refractivity contribution in [3.05, 3.63) is 24.3 Å². The van der Waals surface area contributed by atoms with Crippen molar-refractivity contribution in [2.24, 2.45) is 0 Å². The van der Waals surface area contributed by atoms with E-state index in [0.29, 0.717) is 13.2 Å². The SMILES string of the molecule is COCCOc1ccc(NC(=O)[C@H]2CCCCN2)cc1.Cl. The van der Waals surface area contributed by atoms with Crippen LogP contribution in [0.1, 0.15) is 19.3 Å². The summed E-state index contributed by atoms with van der Waals surface area (Å²) in [5, 5.41) is 6.16. The fourth-order valence-corrected chi connectivity index (χ4v) is 2.18. The third-order valence-electron chi connectivity index (χ3n) is 3.30. The van der Waals surface area contributed by atoms with Gasteiger partial charge in [-0.1, -0.05) is 6.42 Å². The fourth-order valence-electron chi connectivity index (χ4n) is 2.18. The number of benzene rings is 1. The van der Waals surface area contributed by atoms with Crippen molar-refractivity contribution in [1.29, 1.82) is 0 Å². The molecule has 0 unspecified atom stereocenters. The predicted molar refractivity (Wildman–Crippen MR) is 85.3 cm³/mol. The lowest BCUT2D eigenvalue weighted by molar-refractivity contribution is -0.118. The Morgan fingerprint density at radius 2 is 2.05 bits per heavy atom. The number of nitrogens with one attached hydrogen (secondary N) is 2. The molecule has 1 aliphatic rings. The first kappa shape index (κ1) is 17.8. The van der Waals surface area contributed by atoms with Crippen molar-refractivity contribution < 1.29 is 14.3 Å². The highest BCUT2D eigenvalue weighted by Crippen LogP contribution is 2.16. The van der Waals surface area contributed by atoms with E-state index in [4.69, 9.17) is 9.47 Å². The van der Waals surface area contributed by atoms with Crippen LogP contribution in [0.4, 0.5) is 5.69 Å². The Bertz CT molecular complexity index is 419. The summed E-state index contributed by atoms with van der Waals surface area (Å²) in [4.78, 5) is 12.0. The summed E-state index contributed by atoms with van der Waals surface area (Å²) in [6, 6.07) is 7.33. The number of ether oxygens (including phenoxy) is 2. The molecule has 0 radical (unpaired) electrons. The van der Waals surface area contributed by atoms with Crippen LogP contribution in [0.25, 0.3) is 0 Å². The van der Waals surface area contributed by atoms with Gasteiger partial charge >= 0.3 is 0 Å². The van der Waals surface area contributed by atoms with Crippen molar-refractivity contribution in [1.82, 2.24) is 5.32 Å². The maximum atomic E-state index is 12.0. The lowest BCUT2D eigenvalue weighted by atomic mass is 10.0. The van der Waals surface area contributed by atoms with Crippen molar-refractivity contribution in [3.63, 3.8) is 0 Å². The Morgan fingerprint density at radius 1 is 1.29 bits per heavy atom. The van der Waals surface area contributed by atoms with Crippen LogP contribution in [0.15, 0.2) is 24.3 Å². The molecule has 0 spiro atoms. The van der Waals surface area contributed by atoms with Gasteiger partial charge in [-0.05, 0) is 43.7 Å². The van der Waals surface area contributed by atoms with Gasteiger partial charge in [0, 0.05) is 12.8 Å². The quantitative estimate of drug-likeness (QED) is 0.790. The Morgan fingerprint density at radius 3 is 2.67 bits per heavy atom. The van der Waals surface area contributed by atoms with E-state index in [1.165, 1.54) is 0 Å². The van der Waals surface area contributed by atoms with Gasteiger partial charge < -0.3 is 20.1 Å². The number of hydrogen-bond donors (Lipinski definition) is 2. The molecule has 118 valence electrons. The molecule has 1 fully saturated rings. The summed E-state index contributed by atoms with van der Waals surface area (Å²) in [6.45, 7) is 2.00. The Hall–Kier alpha value is -1.30. The van der Waals surface area contributed by atoms with E-state index >= 15 is 0 Å². The minimum atomic E-state index is -0.0682. The summed E-state index contributed by atoms with van der Waals surface area (Å²) in [7, 11) is 1.64. The maximum absolute atomic E-state index is 12.0. The number of anilines is 1. The van der Waals surface area contributed by atoms with Gasteiger partial charge in [0.2, 0.25) is 5.91 Å². The second-order valence-corrected chi connectivity index (χ2v) is 4.86. The zero-order chi connectivity index (χ0) is 14.2. The molecule has 0 saturated carbocycles. The summed E-state index contributed by atoms with van der Waals surface area (Å²) >= 11 is 0. The van der Waals surface area contributed by atoms with Crippen LogP contribution in [0.5, 0.6) is 5.75 Å². The smallest absolute Gasteiger partial charge is 0.241 e. The first-order valence-electron chi connectivity index (χ1n) is 7.05. The summed E-state index contributed by atoms with van der Waals surface area (Å²) in [5.74, 6) is 0.814. The van der Waals surface area contributed by atoms with E-state index in [2.05, 4.69) is 10.6 Å². The summed E-state index contributed by atoms with van der Waals surface area (Å²) in [6.07, 6.45) is 3.17. The molecule has 2 N–H and O–H groups in total. The number of carbonyl (C=O) groups is 1. The minimum absolute atomic E-state index is 0. The number of carbonyl (C=O) groups excluding carboxylic acids is 1. The zero-order valence-corrected chi connectivity index (χ0v) is 13.1. The largest absolute Gasteiger partial charge is 0.491 e. The minimum Gasteiger partial charge on any atom is -0.491 e. The lowest BCUT2D eigenvalue weighted by Gasteiger charge is -2.22. The van der Waals surface area contributed by atoms with Crippen LogP contribution in [0.3, 0.4) is 0 Å². The van der Waals surface area contributed by atoms with E-state index in [1.807, 2.05) is 24.3 Å². The standard InChI is InChI=1S/C15H22N2O3.ClH/c1-19-10-11-20-13-7-5-12(6-8-13)17-15(18)14-4-2-3-9-16-14;/h5-8,14,16H,2-4,9-11H2,1H3,(H,17,18);1H/t14-;/m1./s1. The molecule has 0 bridgehead atoms. The normalized spacial score (nSPS) is 17.7. The van der Waals surface area contributed by atoms with E-state index in [9.17, 15) is 4.79 Å². The molecule has 1 amide bonds. The lowest BCUT2D eigenvalue weighted by Crippen LogP contribution is -2.43. The van der Waals surface area contributed by atoms with Crippen molar-refractivity contribution in [3.8, 4) is 5.75 Å². The van der Waals surface area contributed by atoms with Crippen LogP contribution < -0.4 is 15.4 Å². The molecule has 1 heterocycles. The Balaban J connectivity index is 0.00000220. The molecule has 0 aromatic heterocycles. The highest BCUT2D eigenvalue weighted by molar-refractivity contribution is 5.94. The maximum Gasteiger partial charge on any atom is 0.241 e. The Labute approximate surface area is 131 Å². The highest BCUT2D eigenvalue weighted by Gasteiger charge is 2.20. The van der Waals surface area contributed by atoms with E-state index in [-0.39, 0.29) is 24.4 Å². The molecule has 6 heteroatoms. The van der Waals surface area contributed by atoms with Crippen molar-refractivity contribution in [2.75, 3.05) is 32.2 Å². The molecule has 0 aliphatic carbocycles. The monoisotopic (exact) mass is 314 g/mol. The van der Waals surface area contributed by atoms with Crippen LogP contribution in [0.2, 0.25) is 0 Å². The first-order chi connectivity index (χ1) is 9.79. The number of piperidine rings is 1. The van der Waals surface area contributed by atoms with Crippen molar-refractivity contribution >= 4 is 24.0 Å². The third kappa shape index (κ3) is 5.91. The van der Waals surface area contributed by atoms with Crippen LogP contribution in [-0.4, -0.2) is 38.8 Å². The van der Waals surface area contributed by atoms with Gasteiger partial charge in [0.05, 0.1) is 12.6 Å². The van der Waals surface area contributed by atoms with Crippen LogP contribution in [0, 0.1) is 0 Å². The molecule has 1 atom stereocenters. The third-order valence-corrected chi connectivity index (χ3v) is 3.30. The molecule has 5 nitrogen and oxygen atoms in total. The number of rotatable bonds is 6. The average Bonchev–Trinajstić information content (AvgIpc) is 2.50. The summed E-state index contributed by atoms with van der Waals surface area (Å²) < 4.78 is 10.4. The first-order valence-corrected chi connectivity index (χ1v) is 7.05. The fraction of sp³-hybridized carbons (Fsp3) is 0.533. The van der Waals surface area contributed by atoms with E-state index in [0.717, 1.165) is 37.2 Å². The Kier molecular flexibility index (Phi) is 8.12. The molecule has 1 saturated heterocycles. The average molecular weight is 315 g/mol.